The van der Waals surface area contributed by atoms with Crippen molar-refractivity contribution >= 4 is 23.2 Å². The van der Waals surface area contributed by atoms with E-state index in [-0.39, 0.29) is 0 Å². The lowest BCUT2D eigenvalue weighted by molar-refractivity contribution is -0.115. The predicted molar refractivity (Wildman–Crippen MR) is 105 cm³/mol. The van der Waals surface area contributed by atoms with Crippen LogP contribution in [0.3, 0.4) is 0 Å². The van der Waals surface area contributed by atoms with Crippen molar-refractivity contribution in [3.05, 3.63) is 57.4 Å². The number of amides is 1. The molecule has 3 N–H and O–H groups in total. The molecule has 3 aromatic rings. The molecule has 27 heavy (non-hydrogen) atoms. The topological polar surface area (TPSA) is 95.1 Å². The van der Waals surface area contributed by atoms with Gasteiger partial charge < -0.3 is 15.8 Å². The molecule has 8 heteroatoms. The highest BCUT2D eigenvalue weighted by Crippen LogP contribution is 2.39. The fourth-order valence-corrected chi connectivity index (χ4v) is 4.28. The highest BCUT2D eigenvalue weighted by molar-refractivity contribution is 7.10. The molecule has 138 valence electrons. The molecule has 1 amide bonds. The minimum Gasteiger partial charge on any atom is -0.497 e. The van der Waals surface area contributed by atoms with Crippen LogP contribution in [0.1, 0.15) is 23.4 Å². The number of ether oxygens (including phenoxy) is 1. The van der Waals surface area contributed by atoms with Gasteiger partial charge in [0.25, 0.3) is 0 Å². The van der Waals surface area contributed by atoms with E-state index in [9.17, 15) is 4.79 Å². The number of aryl methyl sites for hydroxylation is 1. The number of nitrogens with zero attached hydrogens (tertiary/aromatic N) is 3. The number of carbonyl (C=O) groups excluding carboxylic acids is 1. The molecule has 7 nitrogen and oxygen atoms in total. The molecule has 0 radical (unpaired) electrons. The summed E-state index contributed by atoms with van der Waals surface area (Å²) in [5, 5.41) is 9.86. The average Bonchev–Trinajstić information content (AvgIpc) is 3.26. The third-order valence-corrected chi connectivity index (χ3v) is 5.67. The van der Waals surface area contributed by atoms with Crippen LogP contribution in [0.15, 0.2) is 47.0 Å². The summed E-state index contributed by atoms with van der Waals surface area (Å²) >= 11 is 1.58. The molecule has 2 aromatic heterocycles. The minimum atomic E-state index is -0.470. The summed E-state index contributed by atoms with van der Waals surface area (Å²) in [6.45, 7) is 3.85. The molecule has 1 atom stereocenters. The Morgan fingerprint density at radius 2 is 2.15 bits per heavy atom. The van der Waals surface area contributed by atoms with Crippen LogP contribution in [-0.4, -0.2) is 27.8 Å². The maximum Gasteiger partial charge on any atom is 0.248 e. The van der Waals surface area contributed by atoms with Crippen LogP contribution in [-0.2, 0) is 4.79 Å². The van der Waals surface area contributed by atoms with Gasteiger partial charge in [-0.3, -0.25) is 4.79 Å². The maximum absolute atomic E-state index is 12.2. The van der Waals surface area contributed by atoms with Crippen LogP contribution < -0.4 is 15.8 Å². The van der Waals surface area contributed by atoms with Gasteiger partial charge in [0.05, 0.1) is 12.7 Å². The van der Waals surface area contributed by atoms with Crippen LogP contribution in [0.2, 0.25) is 0 Å². The normalized spacial score (nSPS) is 16.0. The van der Waals surface area contributed by atoms with Gasteiger partial charge in [-0.05, 0) is 43.0 Å². The first-order chi connectivity index (χ1) is 13.0. The van der Waals surface area contributed by atoms with Crippen LogP contribution in [0.5, 0.6) is 5.75 Å². The Morgan fingerprint density at radius 1 is 1.33 bits per heavy atom. The van der Waals surface area contributed by atoms with Gasteiger partial charge in [0.15, 0.2) is 5.82 Å². The van der Waals surface area contributed by atoms with E-state index < -0.39 is 11.9 Å². The zero-order valence-corrected chi connectivity index (χ0v) is 16.0. The van der Waals surface area contributed by atoms with Crippen molar-refractivity contribution in [3.8, 4) is 17.1 Å². The lowest BCUT2D eigenvalue weighted by Gasteiger charge is -2.27. The second-order valence-electron chi connectivity index (χ2n) is 6.33. The number of benzene rings is 1. The molecule has 1 aliphatic heterocycles. The smallest absolute Gasteiger partial charge is 0.248 e. The van der Waals surface area contributed by atoms with Crippen molar-refractivity contribution in [1.82, 2.24) is 14.8 Å². The first kappa shape index (κ1) is 17.3. The second kappa shape index (κ2) is 6.55. The Kier molecular flexibility index (Phi) is 4.19. The molecule has 0 bridgehead atoms. The van der Waals surface area contributed by atoms with E-state index in [1.807, 2.05) is 49.6 Å². The van der Waals surface area contributed by atoms with Crippen molar-refractivity contribution in [2.75, 3.05) is 12.4 Å². The number of thiophene rings is 1. The number of nitrogens with two attached hydrogens (primary N) is 1. The number of anilines is 1. The zero-order chi connectivity index (χ0) is 19.1. The van der Waals surface area contributed by atoms with Crippen molar-refractivity contribution in [3.63, 3.8) is 0 Å². The largest absolute Gasteiger partial charge is 0.497 e. The van der Waals surface area contributed by atoms with Crippen molar-refractivity contribution in [2.45, 2.75) is 19.9 Å². The lowest BCUT2D eigenvalue weighted by Crippen LogP contribution is -2.31. The molecule has 0 saturated carbocycles. The summed E-state index contributed by atoms with van der Waals surface area (Å²) in [7, 11) is 1.62. The maximum atomic E-state index is 12.2. The standard InChI is InChI=1S/C19H19N5O2S/c1-10-7-8-27-16(10)15-14(17(20)25)11(2)21-19-22-18(23-24(15)19)12-5-4-6-13(9-12)26-3/h4-9,15H,1-3H3,(H2,20,25)(H,21,22,23). The number of carbonyl (C=O) groups is 1. The summed E-state index contributed by atoms with van der Waals surface area (Å²) in [5.41, 5.74) is 8.81. The van der Waals surface area contributed by atoms with Gasteiger partial charge in [-0.25, -0.2) is 4.68 Å². The van der Waals surface area contributed by atoms with Gasteiger partial charge in [-0.2, -0.15) is 4.98 Å². The van der Waals surface area contributed by atoms with E-state index in [1.54, 1.807) is 23.1 Å². The molecule has 0 fully saturated rings. The van der Waals surface area contributed by atoms with E-state index in [4.69, 9.17) is 15.6 Å². The average molecular weight is 381 g/mol. The molecular formula is C19H19N5O2S. The van der Waals surface area contributed by atoms with E-state index in [0.717, 1.165) is 21.8 Å². The Labute approximate surface area is 160 Å². The highest BCUT2D eigenvalue weighted by Gasteiger charge is 2.34. The van der Waals surface area contributed by atoms with Gasteiger partial charge in [-0.1, -0.05) is 12.1 Å². The van der Waals surface area contributed by atoms with E-state index in [2.05, 4.69) is 10.3 Å². The number of primary amides is 1. The fraction of sp³-hybridized carbons (Fsp3) is 0.211. The summed E-state index contributed by atoms with van der Waals surface area (Å²) in [4.78, 5) is 17.9. The summed E-state index contributed by atoms with van der Waals surface area (Å²) in [5.74, 6) is 1.38. The van der Waals surface area contributed by atoms with Crippen molar-refractivity contribution < 1.29 is 9.53 Å². The highest BCUT2D eigenvalue weighted by atomic mass is 32.1. The summed E-state index contributed by atoms with van der Waals surface area (Å²) in [6.07, 6.45) is 0. The number of hydrogen-bond donors (Lipinski definition) is 2. The molecule has 1 aromatic carbocycles. The minimum absolute atomic E-state index is 0.398. The molecule has 1 unspecified atom stereocenters. The summed E-state index contributed by atoms with van der Waals surface area (Å²) in [6, 6.07) is 9.18. The molecule has 0 aliphatic carbocycles. The molecule has 4 rings (SSSR count). The van der Waals surface area contributed by atoms with Crippen LogP contribution in [0.4, 0.5) is 5.95 Å². The van der Waals surface area contributed by atoms with E-state index in [0.29, 0.717) is 23.0 Å². The monoisotopic (exact) mass is 381 g/mol. The Balaban J connectivity index is 1.88. The van der Waals surface area contributed by atoms with Gasteiger partial charge in [-0.15, -0.1) is 16.4 Å². The molecule has 0 saturated heterocycles. The second-order valence-corrected chi connectivity index (χ2v) is 7.28. The Bertz CT molecular complexity index is 1070. The number of methoxy groups -OCH3 is 1. The SMILES string of the molecule is COc1cccc(-c2nc3n(n2)C(c2sccc2C)C(C(N)=O)=C(C)N3)c1. The molecular weight excluding hydrogens is 362 g/mol. The van der Waals surface area contributed by atoms with Crippen LogP contribution in [0, 0.1) is 6.92 Å². The third kappa shape index (κ3) is 2.87. The van der Waals surface area contributed by atoms with Crippen molar-refractivity contribution in [1.29, 1.82) is 0 Å². The Hall–Kier alpha value is -3.13. The quantitative estimate of drug-likeness (QED) is 0.724. The number of aromatic nitrogens is 3. The number of allylic oxidation sites excluding steroid dienone is 1. The van der Waals surface area contributed by atoms with Gasteiger partial charge in [0.2, 0.25) is 11.9 Å². The van der Waals surface area contributed by atoms with Crippen LogP contribution >= 0.6 is 11.3 Å². The number of nitrogens with one attached hydrogen (secondary N) is 1. The van der Waals surface area contributed by atoms with Gasteiger partial charge in [0.1, 0.15) is 11.8 Å². The zero-order valence-electron chi connectivity index (χ0n) is 15.2. The van der Waals surface area contributed by atoms with Gasteiger partial charge >= 0.3 is 0 Å². The third-order valence-electron chi connectivity index (χ3n) is 4.60. The number of rotatable bonds is 4. The number of hydrogen-bond acceptors (Lipinski definition) is 6. The first-order valence-electron chi connectivity index (χ1n) is 8.42. The van der Waals surface area contributed by atoms with E-state index in [1.165, 1.54) is 0 Å². The number of fused-ring (bicyclic) bond motifs is 1. The van der Waals surface area contributed by atoms with Gasteiger partial charge in [0, 0.05) is 16.1 Å². The molecule has 0 spiro atoms. The molecule has 1 aliphatic rings. The van der Waals surface area contributed by atoms with E-state index >= 15 is 0 Å². The van der Waals surface area contributed by atoms with Crippen LogP contribution in [0.25, 0.3) is 11.4 Å². The fourth-order valence-electron chi connectivity index (χ4n) is 3.26. The van der Waals surface area contributed by atoms with Crippen molar-refractivity contribution in [2.24, 2.45) is 5.73 Å². The first-order valence-corrected chi connectivity index (χ1v) is 9.30. The predicted octanol–water partition coefficient (Wildman–Crippen LogP) is 3.10. The lowest BCUT2D eigenvalue weighted by atomic mass is 9.99. The molecule has 3 heterocycles. The Morgan fingerprint density at radius 3 is 2.81 bits per heavy atom. The summed E-state index contributed by atoms with van der Waals surface area (Å²) < 4.78 is 7.03.